The Hall–Kier alpha value is -1.81. The predicted octanol–water partition coefficient (Wildman–Crippen LogP) is 2.60. The molecule has 0 bridgehead atoms. The molecule has 2 N–H and O–H groups in total. The number of rotatable bonds is 6. The number of nitrogens with two attached hydrogens (primary N) is 1. The van der Waals surface area contributed by atoms with Crippen molar-refractivity contribution >= 4 is 0 Å². The van der Waals surface area contributed by atoms with Crippen molar-refractivity contribution in [3.8, 4) is 5.75 Å². The van der Waals surface area contributed by atoms with Crippen LogP contribution in [0.25, 0.3) is 0 Å². The van der Waals surface area contributed by atoms with E-state index < -0.39 is 0 Å². The average Bonchev–Trinajstić information content (AvgIpc) is 2.79. The van der Waals surface area contributed by atoms with Crippen LogP contribution < -0.4 is 10.5 Å². The molecule has 1 aromatic carbocycles. The van der Waals surface area contributed by atoms with Crippen LogP contribution in [0.5, 0.6) is 5.75 Å². The number of benzene rings is 1. The second-order valence-electron chi connectivity index (χ2n) is 4.98. The predicted molar refractivity (Wildman–Crippen MR) is 80.9 cm³/mol. The summed E-state index contributed by atoms with van der Waals surface area (Å²) >= 11 is 0. The molecular weight excluding hydrogens is 250 g/mol. The molecule has 0 aliphatic carbocycles. The number of hydrogen-bond acceptors (Lipinski definition) is 3. The van der Waals surface area contributed by atoms with Crippen molar-refractivity contribution in [2.45, 2.75) is 40.3 Å². The monoisotopic (exact) mass is 273 g/mol. The lowest BCUT2D eigenvalue weighted by Gasteiger charge is -2.14. The van der Waals surface area contributed by atoms with Crippen LogP contribution in [-0.4, -0.2) is 16.3 Å². The SMILES string of the molecule is CCn1nc(C)cc1COc1c(C)cccc1CCN. The fourth-order valence-electron chi connectivity index (χ4n) is 2.41. The number of ether oxygens (including phenoxy) is 1. The summed E-state index contributed by atoms with van der Waals surface area (Å²) in [6.45, 7) is 8.18. The molecule has 0 saturated heterocycles. The second kappa shape index (κ2) is 6.57. The first-order valence-electron chi connectivity index (χ1n) is 7.10. The second-order valence-corrected chi connectivity index (χ2v) is 4.98. The molecule has 0 spiro atoms. The van der Waals surface area contributed by atoms with Crippen molar-refractivity contribution in [2.24, 2.45) is 5.73 Å². The quantitative estimate of drug-likeness (QED) is 0.880. The highest BCUT2D eigenvalue weighted by atomic mass is 16.5. The normalized spacial score (nSPS) is 10.8. The van der Waals surface area contributed by atoms with Crippen molar-refractivity contribution in [2.75, 3.05) is 6.54 Å². The van der Waals surface area contributed by atoms with Gasteiger partial charge in [0.25, 0.3) is 0 Å². The third-order valence-corrected chi connectivity index (χ3v) is 3.36. The van der Waals surface area contributed by atoms with E-state index in [1.54, 1.807) is 0 Å². The van der Waals surface area contributed by atoms with E-state index in [0.29, 0.717) is 13.2 Å². The maximum Gasteiger partial charge on any atom is 0.130 e. The van der Waals surface area contributed by atoms with Crippen molar-refractivity contribution in [3.63, 3.8) is 0 Å². The van der Waals surface area contributed by atoms with Crippen molar-refractivity contribution in [3.05, 3.63) is 46.8 Å². The zero-order valence-corrected chi connectivity index (χ0v) is 12.5. The van der Waals surface area contributed by atoms with Gasteiger partial charge in [-0.05, 0) is 50.9 Å². The fourth-order valence-corrected chi connectivity index (χ4v) is 2.41. The molecular formula is C16H23N3O. The average molecular weight is 273 g/mol. The summed E-state index contributed by atoms with van der Waals surface area (Å²) in [6, 6.07) is 8.27. The largest absolute Gasteiger partial charge is 0.487 e. The van der Waals surface area contributed by atoms with Gasteiger partial charge in [0.05, 0.1) is 11.4 Å². The van der Waals surface area contributed by atoms with Gasteiger partial charge in [-0.15, -0.1) is 0 Å². The van der Waals surface area contributed by atoms with Gasteiger partial charge < -0.3 is 10.5 Å². The molecule has 0 unspecified atom stereocenters. The van der Waals surface area contributed by atoms with E-state index in [2.05, 4.69) is 37.1 Å². The number of aryl methyl sites for hydroxylation is 3. The maximum absolute atomic E-state index is 6.05. The van der Waals surface area contributed by atoms with E-state index in [1.807, 2.05) is 17.7 Å². The molecule has 0 saturated carbocycles. The Morgan fingerprint density at radius 1 is 1.30 bits per heavy atom. The minimum absolute atomic E-state index is 0.539. The Bertz CT molecular complexity index is 575. The molecule has 0 amide bonds. The zero-order valence-electron chi connectivity index (χ0n) is 12.5. The summed E-state index contributed by atoms with van der Waals surface area (Å²) in [4.78, 5) is 0. The van der Waals surface area contributed by atoms with Crippen LogP contribution in [0.2, 0.25) is 0 Å². The lowest BCUT2D eigenvalue weighted by Crippen LogP contribution is -2.09. The molecule has 0 radical (unpaired) electrons. The summed E-state index contributed by atoms with van der Waals surface area (Å²) in [6.07, 6.45) is 0.836. The van der Waals surface area contributed by atoms with Gasteiger partial charge in [-0.3, -0.25) is 4.68 Å². The van der Waals surface area contributed by atoms with E-state index in [-0.39, 0.29) is 0 Å². The highest BCUT2D eigenvalue weighted by molar-refractivity contribution is 5.41. The molecule has 0 fully saturated rings. The molecule has 4 nitrogen and oxygen atoms in total. The van der Waals surface area contributed by atoms with Gasteiger partial charge in [0.15, 0.2) is 0 Å². The lowest BCUT2D eigenvalue weighted by molar-refractivity contribution is 0.287. The van der Waals surface area contributed by atoms with Gasteiger partial charge in [0.2, 0.25) is 0 Å². The van der Waals surface area contributed by atoms with Crippen LogP contribution in [0.4, 0.5) is 0 Å². The van der Waals surface area contributed by atoms with E-state index in [4.69, 9.17) is 10.5 Å². The Morgan fingerprint density at radius 2 is 2.10 bits per heavy atom. The summed E-state index contributed by atoms with van der Waals surface area (Å²) in [5.74, 6) is 0.958. The van der Waals surface area contributed by atoms with Gasteiger partial charge in [-0.1, -0.05) is 18.2 Å². The minimum atomic E-state index is 0.539. The summed E-state index contributed by atoms with van der Waals surface area (Å²) in [7, 11) is 0. The zero-order chi connectivity index (χ0) is 14.5. The highest BCUT2D eigenvalue weighted by Gasteiger charge is 2.09. The molecule has 2 aromatic rings. The molecule has 2 rings (SSSR count). The summed E-state index contributed by atoms with van der Waals surface area (Å²) in [5, 5.41) is 4.44. The van der Waals surface area contributed by atoms with Gasteiger partial charge >= 0.3 is 0 Å². The minimum Gasteiger partial charge on any atom is -0.487 e. The molecule has 1 aromatic heterocycles. The Morgan fingerprint density at radius 3 is 2.80 bits per heavy atom. The van der Waals surface area contributed by atoms with Gasteiger partial charge in [-0.25, -0.2) is 0 Å². The summed E-state index contributed by atoms with van der Waals surface area (Å²) < 4.78 is 8.03. The smallest absolute Gasteiger partial charge is 0.130 e. The Balaban J connectivity index is 2.18. The van der Waals surface area contributed by atoms with Crippen molar-refractivity contribution < 1.29 is 4.74 Å². The van der Waals surface area contributed by atoms with Crippen LogP contribution in [0, 0.1) is 13.8 Å². The lowest BCUT2D eigenvalue weighted by atomic mass is 10.1. The summed E-state index contributed by atoms with van der Waals surface area (Å²) in [5.41, 5.74) is 10.1. The Kier molecular flexibility index (Phi) is 4.79. The number of hydrogen-bond donors (Lipinski definition) is 1. The van der Waals surface area contributed by atoms with Crippen molar-refractivity contribution in [1.29, 1.82) is 0 Å². The van der Waals surface area contributed by atoms with Crippen LogP contribution >= 0.6 is 0 Å². The third kappa shape index (κ3) is 3.20. The molecule has 1 heterocycles. The number of aromatic nitrogens is 2. The first-order chi connectivity index (χ1) is 9.65. The van der Waals surface area contributed by atoms with Crippen LogP contribution in [0.15, 0.2) is 24.3 Å². The molecule has 108 valence electrons. The van der Waals surface area contributed by atoms with Crippen LogP contribution in [0.3, 0.4) is 0 Å². The van der Waals surface area contributed by atoms with E-state index >= 15 is 0 Å². The molecule has 20 heavy (non-hydrogen) atoms. The first kappa shape index (κ1) is 14.6. The van der Waals surface area contributed by atoms with Crippen LogP contribution in [0.1, 0.15) is 29.4 Å². The van der Waals surface area contributed by atoms with Crippen molar-refractivity contribution in [1.82, 2.24) is 9.78 Å². The first-order valence-corrected chi connectivity index (χ1v) is 7.10. The number of para-hydroxylation sites is 1. The molecule has 0 aliphatic heterocycles. The van der Waals surface area contributed by atoms with Gasteiger partial charge in [-0.2, -0.15) is 5.10 Å². The molecule has 0 aliphatic rings. The van der Waals surface area contributed by atoms with E-state index in [0.717, 1.165) is 35.7 Å². The fraction of sp³-hybridized carbons (Fsp3) is 0.438. The van der Waals surface area contributed by atoms with E-state index in [1.165, 1.54) is 5.56 Å². The van der Waals surface area contributed by atoms with E-state index in [9.17, 15) is 0 Å². The topological polar surface area (TPSA) is 53.1 Å². The number of nitrogens with zero attached hydrogens (tertiary/aromatic N) is 2. The molecule has 0 atom stereocenters. The van der Waals surface area contributed by atoms with Gasteiger partial charge in [0.1, 0.15) is 12.4 Å². The standard InChI is InChI=1S/C16H23N3O/c1-4-19-15(10-13(3)18-19)11-20-16-12(2)6-5-7-14(16)8-9-17/h5-7,10H,4,8-9,11,17H2,1-3H3. The van der Waals surface area contributed by atoms with Crippen LogP contribution in [-0.2, 0) is 19.6 Å². The van der Waals surface area contributed by atoms with Gasteiger partial charge in [0, 0.05) is 6.54 Å². The third-order valence-electron chi connectivity index (χ3n) is 3.36. The maximum atomic E-state index is 6.05. The Labute approximate surface area is 120 Å². The molecule has 4 heteroatoms. The highest BCUT2D eigenvalue weighted by Crippen LogP contribution is 2.24.